The summed E-state index contributed by atoms with van der Waals surface area (Å²) in [5.41, 5.74) is 1.54. The van der Waals surface area contributed by atoms with Crippen molar-refractivity contribution < 1.29 is 43.3 Å². The second-order valence-electron chi connectivity index (χ2n) is 9.42. The van der Waals surface area contributed by atoms with Crippen molar-refractivity contribution in [3.63, 3.8) is 0 Å². The van der Waals surface area contributed by atoms with E-state index in [-0.39, 0.29) is 17.0 Å². The van der Waals surface area contributed by atoms with Crippen LogP contribution in [0.4, 0.5) is 5.82 Å². The standard InChI is InChI=1S/C21H27ClN6O9P2/c22-21-23-18(27-9-5-4-8-13(27)12-6-2-1-3-7-12)15-19(24-21)28(26-25-15)20-17(30)16(29)14(37-20)10-36-39(34,35)11-38(31,32)33/h1-3,6-7,13-14,16-17,20,29-30H,4-5,8-11H2,(H,34,35)(H2,31,32,33)/t13-,14+,16+,17+,20+/m0/s1. The van der Waals surface area contributed by atoms with E-state index < -0.39 is 52.2 Å². The van der Waals surface area contributed by atoms with Crippen molar-refractivity contribution in [2.75, 3.05) is 24.0 Å². The van der Waals surface area contributed by atoms with Crippen LogP contribution >= 0.6 is 26.8 Å². The number of aliphatic hydroxyl groups is 2. The fourth-order valence-electron chi connectivity index (χ4n) is 4.90. The Morgan fingerprint density at radius 3 is 2.54 bits per heavy atom. The van der Waals surface area contributed by atoms with E-state index in [1.54, 1.807) is 0 Å². The van der Waals surface area contributed by atoms with Crippen molar-refractivity contribution in [1.29, 1.82) is 0 Å². The monoisotopic (exact) mass is 604 g/mol. The Kier molecular flexibility index (Phi) is 8.11. The molecule has 0 saturated carbocycles. The van der Waals surface area contributed by atoms with E-state index in [4.69, 9.17) is 30.6 Å². The molecule has 212 valence electrons. The Labute approximate surface area is 227 Å². The second kappa shape index (κ2) is 11.1. The number of hydrogen-bond acceptors (Lipinski definition) is 11. The minimum absolute atomic E-state index is 0.0123. The predicted octanol–water partition coefficient (Wildman–Crippen LogP) is 1.56. The largest absolute Gasteiger partial charge is 0.387 e. The summed E-state index contributed by atoms with van der Waals surface area (Å²) in [7, 11) is -9.55. The zero-order valence-electron chi connectivity index (χ0n) is 20.3. The van der Waals surface area contributed by atoms with E-state index in [1.807, 2.05) is 30.3 Å². The van der Waals surface area contributed by atoms with Gasteiger partial charge in [0, 0.05) is 6.54 Å². The summed E-state index contributed by atoms with van der Waals surface area (Å²) in [5.74, 6) is -0.947. The summed E-state index contributed by atoms with van der Waals surface area (Å²) >= 11 is 6.31. The molecule has 0 spiro atoms. The number of rotatable bonds is 8. The molecule has 0 radical (unpaired) electrons. The van der Waals surface area contributed by atoms with Crippen molar-refractivity contribution in [3.05, 3.63) is 41.2 Å². The molecule has 2 aliphatic heterocycles. The molecule has 2 saturated heterocycles. The van der Waals surface area contributed by atoms with Gasteiger partial charge >= 0.3 is 15.2 Å². The van der Waals surface area contributed by atoms with Crippen LogP contribution in [0.25, 0.3) is 11.2 Å². The molecule has 0 amide bonds. The van der Waals surface area contributed by atoms with E-state index >= 15 is 0 Å². The van der Waals surface area contributed by atoms with Gasteiger partial charge in [0.2, 0.25) is 5.28 Å². The van der Waals surface area contributed by atoms with Crippen LogP contribution in [-0.2, 0) is 18.4 Å². The van der Waals surface area contributed by atoms with Gasteiger partial charge < -0.3 is 39.1 Å². The molecule has 2 aromatic heterocycles. The van der Waals surface area contributed by atoms with Crippen LogP contribution in [0.5, 0.6) is 0 Å². The highest BCUT2D eigenvalue weighted by molar-refractivity contribution is 7.70. The first-order valence-corrected chi connectivity index (χ1v) is 16.0. The number of anilines is 1. The number of benzene rings is 1. The normalized spacial score (nSPS) is 27.6. The molecule has 39 heavy (non-hydrogen) atoms. The summed E-state index contributed by atoms with van der Waals surface area (Å²) < 4.78 is 34.6. The summed E-state index contributed by atoms with van der Waals surface area (Å²) in [6.07, 6.45) is -2.99. The fourth-order valence-corrected chi connectivity index (χ4v) is 7.63. The van der Waals surface area contributed by atoms with Crippen LogP contribution in [0, 0.1) is 0 Å². The van der Waals surface area contributed by atoms with Crippen molar-refractivity contribution in [2.24, 2.45) is 0 Å². The van der Waals surface area contributed by atoms with E-state index in [9.17, 15) is 24.2 Å². The quantitative estimate of drug-likeness (QED) is 0.182. The first-order chi connectivity index (χ1) is 18.4. The molecule has 15 nitrogen and oxygen atoms in total. The van der Waals surface area contributed by atoms with Crippen LogP contribution in [0.3, 0.4) is 0 Å². The van der Waals surface area contributed by atoms with Gasteiger partial charge in [-0.05, 0) is 36.4 Å². The Balaban J connectivity index is 1.42. The van der Waals surface area contributed by atoms with E-state index in [0.29, 0.717) is 17.9 Å². The summed E-state index contributed by atoms with van der Waals surface area (Å²) in [6.45, 7) is -0.0476. The zero-order valence-corrected chi connectivity index (χ0v) is 22.9. The smallest absolute Gasteiger partial charge is 0.340 e. The lowest BCUT2D eigenvalue weighted by atomic mass is 9.95. The summed E-state index contributed by atoms with van der Waals surface area (Å²) in [5, 5.41) is 29.4. The third-order valence-corrected chi connectivity index (χ3v) is 10.2. The van der Waals surface area contributed by atoms with Gasteiger partial charge in [0.05, 0.1) is 12.6 Å². The van der Waals surface area contributed by atoms with Gasteiger partial charge in [-0.2, -0.15) is 14.6 Å². The first-order valence-electron chi connectivity index (χ1n) is 12.1. The predicted molar refractivity (Wildman–Crippen MR) is 137 cm³/mol. The Bertz CT molecular complexity index is 1430. The van der Waals surface area contributed by atoms with E-state index in [2.05, 4.69) is 25.2 Å². The molecule has 0 bridgehead atoms. The van der Waals surface area contributed by atoms with Crippen LogP contribution in [0.15, 0.2) is 30.3 Å². The number of halogens is 1. The average molecular weight is 605 g/mol. The molecule has 2 fully saturated rings. The Hall–Kier alpha value is -2.03. The van der Waals surface area contributed by atoms with Gasteiger partial charge in [-0.1, -0.05) is 35.5 Å². The minimum atomic E-state index is -4.84. The highest BCUT2D eigenvalue weighted by Gasteiger charge is 2.46. The lowest BCUT2D eigenvalue weighted by Gasteiger charge is -2.37. The van der Waals surface area contributed by atoms with Gasteiger partial charge in [0.1, 0.15) is 18.3 Å². The van der Waals surface area contributed by atoms with Crippen LogP contribution in [-0.4, -0.2) is 87.2 Å². The third kappa shape index (κ3) is 6.18. The SMILES string of the molecule is O=P(O)(O)CP(=O)(O)OC[C@H]1O[C@@H](n2nnc3c(N4CCCC[C@H]4c4ccccc4)nc(Cl)nc32)[C@H](O)[C@@H]1O. The van der Waals surface area contributed by atoms with Gasteiger partial charge in [-0.15, -0.1) is 5.10 Å². The zero-order chi connectivity index (χ0) is 27.9. The van der Waals surface area contributed by atoms with Gasteiger partial charge in [0.25, 0.3) is 0 Å². The molecular weight excluding hydrogens is 578 g/mol. The molecule has 18 heteroatoms. The molecule has 6 atom stereocenters. The molecule has 2 aliphatic rings. The number of fused-ring (bicyclic) bond motifs is 1. The van der Waals surface area contributed by atoms with E-state index in [1.165, 1.54) is 0 Å². The molecule has 4 heterocycles. The van der Waals surface area contributed by atoms with Gasteiger partial charge in [-0.25, -0.2) is 0 Å². The highest BCUT2D eigenvalue weighted by Crippen LogP contribution is 2.55. The topological polar surface area (TPSA) is 213 Å². The lowest BCUT2D eigenvalue weighted by molar-refractivity contribution is -0.0549. The molecule has 0 aliphatic carbocycles. The maximum atomic E-state index is 12.0. The van der Waals surface area contributed by atoms with Crippen LogP contribution in [0.2, 0.25) is 5.28 Å². The molecule has 1 unspecified atom stereocenters. The number of nitrogens with zero attached hydrogens (tertiary/aromatic N) is 6. The number of ether oxygens (including phenoxy) is 1. The van der Waals surface area contributed by atoms with Crippen molar-refractivity contribution >= 4 is 43.8 Å². The van der Waals surface area contributed by atoms with Crippen molar-refractivity contribution in [3.8, 4) is 0 Å². The molecule has 5 N–H and O–H groups in total. The first kappa shape index (κ1) is 28.5. The van der Waals surface area contributed by atoms with Crippen molar-refractivity contribution in [2.45, 2.75) is 49.8 Å². The van der Waals surface area contributed by atoms with Crippen molar-refractivity contribution in [1.82, 2.24) is 25.0 Å². The molecule has 5 rings (SSSR count). The fraction of sp³-hybridized carbons (Fsp3) is 0.524. The van der Waals surface area contributed by atoms with Crippen LogP contribution < -0.4 is 4.90 Å². The summed E-state index contributed by atoms with van der Waals surface area (Å²) in [4.78, 5) is 38.4. The highest BCUT2D eigenvalue weighted by atomic mass is 35.5. The van der Waals surface area contributed by atoms with Gasteiger partial charge in [-0.3, -0.25) is 9.13 Å². The maximum absolute atomic E-state index is 12.0. The molecule has 1 aromatic carbocycles. The number of aliphatic hydroxyl groups excluding tert-OH is 2. The maximum Gasteiger partial charge on any atom is 0.340 e. The number of piperidine rings is 1. The minimum Gasteiger partial charge on any atom is -0.387 e. The Morgan fingerprint density at radius 2 is 1.82 bits per heavy atom. The second-order valence-corrected chi connectivity index (χ2v) is 13.8. The average Bonchev–Trinajstić information content (AvgIpc) is 3.42. The number of aromatic nitrogens is 5. The van der Waals surface area contributed by atoms with Crippen LogP contribution in [0.1, 0.15) is 37.1 Å². The third-order valence-electron chi connectivity index (χ3n) is 6.62. The van der Waals surface area contributed by atoms with E-state index in [0.717, 1.165) is 29.5 Å². The molecule has 3 aromatic rings. The Morgan fingerprint density at radius 1 is 1.08 bits per heavy atom. The lowest BCUT2D eigenvalue weighted by Crippen LogP contribution is -2.34. The summed E-state index contributed by atoms with van der Waals surface area (Å²) in [6, 6.07) is 9.96. The van der Waals surface area contributed by atoms with Gasteiger partial charge in [0.15, 0.2) is 29.1 Å². The molecular formula is C21H27ClN6O9P2. The number of hydrogen-bond donors (Lipinski definition) is 5.